The Labute approximate surface area is 180 Å². The second-order valence-electron chi connectivity index (χ2n) is 7.22. The van der Waals surface area contributed by atoms with Crippen molar-refractivity contribution < 1.29 is 9.59 Å². The molecule has 2 amide bonds. The Bertz CT molecular complexity index is 1080. The number of carbonyl (C=O) groups excluding carboxylic acids is 2. The van der Waals surface area contributed by atoms with Crippen LogP contribution in [0.2, 0.25) is 5.02 Å². The number of anilines is 1. The van der Waals surface area contributed by atoms with Crippen LogP contribution in [-0.2, 0) is 13.1 Å². The van der Waals surface area contributed by atoms with E-state index in [4.69, 9.17) is 11.6 Å². The molecule has 1 aromatic carbocycles. The first-order valence-corrected chi connectivity index (χ1v) is 9.98. The first-order valence-electron chi connectivity index (χ1n) is 9.60. The van der Waals surface area contributed by atoms with E-state index in [1.165, 1.54) is 11.1 Å². The van der Waals surface area contributed by atoms with Crippen LogP contribution in [-0.4, -0.2) is 50.4 Å². The van der Waals surface area contributed by atoms with E-state index in [2.05, 4.69) is 15.5 Å². The Balaban J connectivity index is 1.76. The summed E-state index contributed by atoms with van der Waals surface area (Å²) in [4.78, 5) is 26.7. The number of nitrogens with one attached hydrogen (secondary N) is 1. The van der Waals surface area contributed by atoms with Crippen LogP contribution in [0.25, 0.3) is 0 Å². The van der Waals surface area contributed by atoms with Gasteiger partial charge in [0.15, 0.2) is 0 Å². The largest absolute Gasteiger partial charge is 0.343 e. The van der Waals surface area contributed by atoms with Crippen LogP contribution >= 0.6 is 11.6 Å². The molecule has 30 heavy (non-hydrogen) atoms. The lowest BCUT2D eigenvalue weighted by molar-refractivity contribution is 0.0816. The normalized spacial score (nSPS) is 10.9. The average molecular weight is 429 g/mol. The molecule has 0 aliphatic carbocycles. The van der Waals surface area contributed by atoms with Crippen molar-refractivity contribution in [3.05, 3.63) is 63.7 Å². The maximum atomic E-state index is 12.7. The fourth-order valence-corrected chi connectivity index (χ4v) is 3.25. The molecule has 0 saturated heterocycles. The van der Waals surface area contributed by atoms with Crippen molar-refractivity contribution in [2.45, 2.75) is 33.9 Å². The van der Waals surface area contributed by atoms with Crippen molar-refractivity contribution in [3.8, 4) is 0 Å². The zero-order chi connectivity index (χ0) is 22.0. The number of aromatic nitrogens is 4. The summed E-state index contributed by atoms with van der Waals surface area (Å²) in [5.74, 6) is -0.525. The minimum absolute atomic E-state index is 0.219. The summed E-state index contributed by atoms with van der Waals surface area (Å²) in [5.41, 5.74) is 3.92. The Morgan fingerprint density at radius 1 is 1.13 bits per heavy atom. The predicted molar refractivity (Wildman–Crippen MR) is 116 cm³/mol. The number of hydrogen-bond acceptors (Lipinski definition) is 4. The van der Waals surface area contributed by atoms with E-state index in [9.17, 15) is 9.59 Å². The monoisotopic (exact) mass is 428 g/mol. The van der Waals surface area contributed by atoms with Gasteiger partial charge < -0.3 is 10.2 Å². The smallest absolute Gasteiger partial charge is 0.273 e. The summed E-state index contributed by atoms with van der Waals surface area (Å²) in [6.07, 6.45) is 1.50. The molecule has 0 fully saturated rings. The Morgan fingerprint density at radius 3 is 2.33 bits per heavy atom. The van der Waals surface area contributed by atoms with Crippen molar-refractivity contribution in [1.82, 2.24) is 24.5 Å². The molecule has 2 heterocycles. The summed E-state index contributed by atoms with van der Waals surface area (Å²) in [6.45, 7) is 6.77. The van der Waals surface area contributed by atoms with Gasteiger partial charge in [-0.1, -0.05) is 23.7 Å². The van der Waals surface area contributed by atoms with Gasteiger partial charge in [-0.05, 0) is 38.5 Å². The molecule has 3 aromatic rings. The number of rotatable bonds is 6. The fraction of sp³-hybridized carbons (Fsp3) is 0.333. The molecule has 0 radical (unpaired) electrons. The highest BCUT2D eigenvalue weighted by Gasteiger charge is 2.21. The second kappa shape index (κ2) is 8.71. The van der Waals surface area contributed by atoms with Gasteiger partial charge in [-0.3, -0.25) is 19.0 Å². The summed E-state index contributed by atoms with van der Waals surface area (Å²) in [6, 6.07) is 7.24. The second-order valence-corrected chi connectivity index (χ2v) is 7.59. The Morgan fingerprint density at radius 2 is 1.80 bits per heavy atom. The van der Waals surface area contributed by atoms with E-state index in [1.54, 1.807) is 30.9 Å². The van der Waals surface area contributed by atoms with Crippen molar-refractivity contribution in [1.29, 1.82) is 0 Å². The molecule has 8 nitrogen and oxygen atoms in total. The lowest BCUT2D eigenvalue weighted by Crippen LogP contribution is -2.26. The Hall–Kier alpha value is -3.13. The molecule has 1 N–H and O–H groups in total. The number of aryl methyl sites for hydroxylation is 2. The number of carbonyl (C=O) groups is 2. The molecule has 0 aliphatic heterocycles. The van der Waals surface area contributed by atoms with Gasteiger partial charge in [0.05, 0.1) is 34.8 Å². The van der Waals surface area contributed by atoms with Gasteiger partial charge in [-0.2, -0.15) is 10.2 Å². The van der Waals surface area contributed by atoms with Crippen LogP contribution in [0.15, 0.2) is 30.5 Å². The maximum absolute atomic E-state index is 12.7. The molecule has 0 bridgehead atoms. The van der Waals surface area contributed by atoms with Gasteiger partial charge in [0, 0.05) is 26.2 Å². The minimum atomic E-state index is -0.306. The Kier molecular flexibility index (Phi) is 6.26. The number of benzene rings is 1. The molecule has 2 aromatic heterocycles. The van der Waals surface area contributed by atoms with E-state index < -0.39 is 0 Å². The lowest BCUT2D eigenvalue weighted by Gasteiger charge is -2.13. The predicted octanol–water partition coefficient (Wildman–Crippen LogP) is 3.37. The highest BCUT2D eigenvalue weighted by atomic mass is 35.5. The molecule has 0 saturated carbocycles. The van der Waals surface area contributed by atoms with Crippen molar-refractivity contribution in [2.24, 2.45) is 0 Å². The summed E-state index contributed by atoms with van der Waals surface area (Å²) in [7, 11) is 3.32. The number of hydrogen-bond donors (Lipinski definition) is 1. The van der Waals surface area contributed by atoms with Crippen LogP contribution < -0.4 is 5.32 Å². The molecule has 3 rings (SSSR count). The molecular formula is C21H25ClN6O2. The molecule has 158 valence electrons. The molecule has 9 heteroatoms. The number of nitrogens with zero attached hydrogens (tertiary/aromatic N) is 5. The van der Waals surface area contributed by atoms with Crippen LogP contribution in [0, 0.1) is 13.8 Å². The van der Waals surface area contributed by atoms with Gasteiger partial charge in [0.2, 0.25) is 0 Å². The zero-order valence-corrected chi connectivity index (χ0v) is 18.5. The van der Waals surface area contributed by atoms with E-state index in [-0.39, 0.29) is 11.8 Å². The van der Waals surface area contributed by atoms with Gasteiger partial charge in [-0.25, -0.2) is 0 Å². The highest BCUT2D eigenvalue weighted by molar-refractivity contribution is 6.31. The summed E-state index contributed by atoms with van der Waals surface area (Å²) >= 11 is 6.20. The third-order valence-corrected chi connectivity index (χ3v) is 5.38. The minimum Gasteiger partial charge on any atom is -0.343 e. The van der Waals surface area contributed by atoms with Crippen LogP contribution in [0.5, 0.6) is 0 Å². The first-order chi connectivity index (χ1) is 14.2. The van der Waals surface area contributed by atoms with E-state index in [0.29, 0.717) is 35.1 Å². The fourth-order valence-electron chi connectivity index (χ4n) is 3.11. The molecule has 0 atom stereocenters. The van der Waals surface area contributed by atoms with Crippen LogP contribution in [0.1, 0.15) is 44.7 Å². The van der Waals surface area contributed by atoms with Crippen LogP contribution in [0.3, 0.4) is 0 Å². The van der Waals surface area contributed by atoms with E-state index in [1.807, 2.05) is 37.6 Å². The van der Waals surface area contributed by atoms with Crippen LogP contribution in [0.4, 0.5) is 5.69 Å². The lowest BCUT2D eigenvalue weighted by atomic mass is 10.1. The van der Waals surface area contributed by atoms with Crippen molar-refractivity contribution in [2.75, 3.05) is 19.4 Å². The van der Waals surface area contributed by atoms with Crippen molar-refractivity contribution >= 4 is 29.1 Å². The first kappa shape index (κ1) is 21.6. The standard InChI is InChI=1S/C21H25ClN6O2/c1-6-27-19(21(30)26(4)5)17(11-23-27)24-20(29)16-9-7-15(8-10-16)12-28-14(3)18(22)13(2)25-28/h7-11H,6,12H2,1-5H3,(H,24,29). The number of amides is 2. The average Bonchev–Trinajstić information content (AvgIpc) is 3.23. The molecule has 0 spiro atoms. The maximum Gasteiger partial charge on any atom is 0.273 e. The van der Waals surface area contributed by atoms with E-state index in [0.717, 1.165) is 17.0 Å². The zero-order valence-electron chi connectivity index (χ0n) is 17.7. The third kappa shape index (κ3) is 4.23. The topological polar surface area (TPSA) is 85.0 Å². The highest BCUT2D eigenvalue weighted by Crippen LogP contribution is 2.21. The molecular weight excluding hydrogens is 404 g/mol. The van der Waals surface area contributed by atoms with Gasteiger partial charge in [-0.15, -0.1) is 0 Å². The third-order valence-electron chi connectivity index (χ3n) is 4.84. The quantitative estimate of drug-likeness (QED) is 0.652. The summed E-state index contributed by atoms with van der Waals surface area (Å²) < 4.78 is 3.41. The molecule has 0 unspecified atom stereocenters. The van der Waals surface area contributed by atoms with Gasteiger partial charge in [0.1, 0.15) is 5.69 Å². The molecule has 0 aliphatic rings. The summed E-state index contributed by atoms with van der Waals surface area (Å²) in [5, 5.41) is 12.1. The van der Waals surface area contributed by atoms with E-state index >= 15 is 0 Å². The van der Waals surface area contributed by atoms with Crippen molar-refractivity contribution in [3.63, 3.8) is 0 Å². The number of halogens is 1. The van der Waals surface area contributed by atoms with Gasteiger partial charge >= 0.3 is 0 Å². The SMILES string of the molecule is CCn1ncc(NC(=O)c2ccc(Cn3nc(C)c(Cl)c3C)cc2)c1C(=O)N(C)C. The van der Waals surface area contributed by atoms with Gasteiger partial charge in [0.25, 0.3) is 11.8 Å².